The fourth-order valence-corrected chi connectivity index (χ4v) is 2.23. The zero-order valence-electron chi connectivity index (χ0n) is 13.4. The predicted octanol–water partition coefficient (Wildman–Crippen LogP) is 4.03. The third-order valence-corrected chi connectivity index (χ3v) is 3.62. The minimum atomic E-state index is -0.478. The van der Waals surface area contributed by atoms with Crippen molar-refractivity contribution in [3.05, 3.63) is 65.7 Å². The summed E-state index contributed by atoms with van der Waals surface area (Å²) < 4.78 is 5.81. The average Bonchev–Trinajstić information content (AvgIpc) is 2.55. The molecule has 0 unspecified atom stereocenters. The number of carbonyl (C=O) groups excluding carboxylic acids is 1. The predicted molar refractivity (Wildman–Crippen MR) is 88.9 cm³/mol. The van der Waals surface area contributed by atoms with Gasteiger partial charge in [0.05, 0.1) is 6.04 Å². The van der Waals surface area contributed by atoms with Crippen LogP contribution in [0.2, 0.25) is 0 Å². The van der Waals surface area contributed by atoms with Gasteiger partial charge in [0.2, 0.25) is 0 Å². The first-order valence-corrected chi connectivity index (χ1v) is 7.68. The summed E-state index contributed by atoms with van der Waals surface area (Å²) in [6.07, 6.45) is 0.148. The quantitative estimate of drug-likeness (QED) is 0.874. The summed E-state index contributed by atoms with van der Waals surface area (Å²) in [4.78, 5) is 12.4. The Morgan fingerprint density at radius 3 is 2.32 bits per heavy atom. The monoisotopic (exact) mass is 297 g/mol. The molecule has 0 heterocycles. The Morgan fingerprint density at radius 1 is 1.09 bits per heavy atom. The van der Waals surface area contributed by atoms with Gasteiger partial charge in [-0.25, -0.2) is 0 Å². The highest BCUT2D eigenvalue weighted by Gasteiger charge is 2.20. The molecular weight excluding hydrogens is 274 g/mol. The number of amides is 1. The molecule has 0 spiro atoms. The van der Waals surface area contributed by atoms with Crippen molar-refractivity contribution in [1.29, 1.82) is 0 Å². The van der Waals surface area contributed by atoms with Crippen LogP contribution >= 0.6 is 0 Å². The zero-order chi connectivity index (χ0) is 15.9. The van der Waals surface area contributed by atoms with Gasteiger partial charge in [0.25, 0.3) is 5.91 Å². The molecule has 22 heavy (non-hydrogen) atoms. The molecule has 2 aromatic carbocycles. The molecule has 0 radical (unpaired) electrons. The van der Waals surface area contributed by atoms with Crippen molar-refractivity contribution < 1.29 is 9.53 Å². The zero-order valence-corrected chi connectivity index (χ0v) is 13.4. The Bertz CT molecular complexity index is 593. The van der Waals surface area contributed by atoms with Crippen LogP contribution in [0.4, 0.5) is 0 Å². The Morgan fingerprint density at radius 2 is 1.73 bits per heavy atom. The van der Waals surface area contributed by atoms with E-state index >= 15 is 0 Å². The maximum absolute atomic E-state index is 12.4. The van der Waals surface area contributed by atoms with Crippen LogP contribution in [-0.4, -0.2) is 12.0 Å². The number of nitrogens with one attached hydrogen (secondary N) is 1. The van der Waals surface area contributed by atoms with E-state index in [9.17, 15) is 4.79 Å². The van der Waals surface area contributed by atoms with Crippen LogP contribution in [0.15, 0.2) is 54.6 Å². The first-order valence-electron chi connectivity index (χ1n) is 7.68. The third kappa shape index (κ3) is 4.35. The highest BCUT2D eigenvalue weighted by molar-refractivity contribution is 5.81. The molecule has 0 aromatic heterocycles. The van der Waals surface area contributed by atoms with E-state index in [4.69, 9.17) is 4.74 Å². The molecule has 0 aliphatic rings. The van der Waals surface area contributed by atoms with Crippen LogP contribution in [0.5, 0.6) is 5.75 Å². The van der Waals surface area contributed by atoms with Crippen molar-refractivity contribution >= 4 is 5.91 Å². The van der Waals surface area contributed by atoms with Gasteiger partial charge < -0.3 is 10.1 Å². The summed E-state index contributed by atoms with van der Waals surface area (Å²) in [5.74, 6) is 0.638. The van der Waals surface area contributed by atoms with Gasteiger partial charge >= 0.3 is 0 Å². The van der Waals surface area contributed by atoms with E-state index in [0.717, 1.165) is 11.3 Å². The van der Waals surface area contributed by atoms with Crippen LogP contribution in [-0.2, 0) is 4.79 Å². The molecular formula is C19H23NO2. The second-order valence-electron chi connectivity index (χ2n) is 5.47. The molecule has 1 N–H and O–H groups in total. The smallest absolute Gasteiger partial charge is 0.261 e. The lowest BCUT2D eigenvalue weighted by Crippen LogP contribution is -2.39. The van der Waals surface area contributed by atoms with E-state index in [-0.39, 0.29) is 11.9 Å². The number of benzene rings is 2. The van der Waals surface area contributed by atoms with E-state index in [0.29, 0.717) is 6.42 Å². The molecule has 0 fully saturated rings. The molecule has 0 aliphatic heterocycles. The summed E-state index contributed by atoms with van der Waals surface area (Å²) >= 11 is 0. The molecule has 0 aliphatic carbocycles. The Kier molecular flexibility index (Phi) is 5.59. The summed E-state index contributed by atoms with van der Waals surface area (Å²) in [6, 6.07) is 17.6. The van der Waals surface area contributed by atoms with Gasteiger partial charge in [0.15, 0.2) is 6.10 Å². The van der Waals surface area contributed by atoms with Gasteiger partial charge in [0.1, 0.15) is 5.75 Å². The fourth-order valence-electron chi connectivity index (χ4n) is 2.23. The maximum Gasteiger partial charge on any atom is 0.261 e. The van der Waals surface area contributed by atoms with Crippen LogP contribution in [0.25, 0.3) is 0 Å². The van der Waals surface area contributed by atoms with Crippen molar-refractivity contribution in [2.75, 3.05) is 0 Å². The molecule has 0 bridgehead atoms. The van der Waals surface area contributed by atoms with Crippen molar-refractivity contribution in [1.82, 2.24) is 5.32 Å². The van der Waals surface area contributed by atoms with Gasteiger partial charge in [-0.05, 0) is 38.0 Å². The summed E-state index contributed by atoms with van der Waals surface area (Å²) in [5.41, 5.74) is 2.25. The van der Waals surface area contributed by atoms with Gasteiger partial charge in [0, 0.05) is 0 Å². The first-order chi connectivity index (χ1) is 10.6. The van der Waals surface area contributed by atoms with E-state index in [1.807, 2.05) is 75.4 Å². The minimum absolute atomic E-state index is 0.0376. The Labute approximate surface area is 132 Å². The van der Waals surface area contributed by atoms with Crippen molar-refractivity contribution in [2.24, 2.45) is 0 Å². The van der Waals surface area contributed by atoms with Crippen molar-refractivity contribution in [3.63, 3.8) is 0 Å². The molecule has 116 valence electrons. The fraction of sp³-hybridized carbons (Fsp3) is 0.316. The van der Waals surface area contributed by atoms with Gasteiger partial charge in [-0.1, -0.05) is 55.0 Å². The average molecular weight is 297 g/mol. The molecule has 0 saturated heterocycles. The highest BCUT2D eigenvalue weighted by Crippen LogP contribution is 2.16. The molecule has 1 amide bonds. The van der Waals surface area contributed by atoms with E-state index < -0.39 is 6.10 Å². The van der Waals surface area contributed by atoms with Crippen LogP contribution < -0.4 is 10.1 Å². The van der Waals surface area contributed by atoms with Crippen molar-refractivity contribution in [3.8, 4) is 5.75 Å². The number of hydrogen-bond acceptors (Lipinski definition) is 2. The number of ether oxygens (including phenoxy) is 1. The van der Waals surface area contributed by atoms with Crippen LogP contribution in [0.1, 0.15) is 37.4 Å². The molecule has 2 rings (SSSR count). The molecule has 3 heteroatoms. The van der Waals surface area contributed by atoms with E-state index in [1.54, 1.807) is 0 Å². The molecule has 3 nitrogen and oxygen atoms in total. The van der Waals surface area contributed by atoms with E-state index in [2.05, 4.69) is 5.32 Å². The SMILES string of the molecule is CC[C@@H](Oc1ccc(C)cc1)C(=O)N[C@H](C)c1ccccc1. The lowest BCUT2D eigenvalue weighted by atomic mass is 10.1. The van der Waals surface area contributed by atoms with Crippen LogP contribution in [0, 0.1) is 6.92 Å². The lowest BCUT2D eigenvalue weighted by Gasteiger charge is -2.21. The van der Waals surface area contributed by atoms with Gasteiger partial charge in [-0.3, -0.25) is 4.79 Å². The number of rotatable bonds is 6. The molecule has 2 atom stereocenters. The molecule has 2 aromatic rings. The summed E-state index contributed by atoms with van der Waals surface area (Å²) in [7, 11) is 0. The highest BCUT2D eigenvalue weighted by atomic mass is 16.5. The standard InChI is InChI=1S/C19H23NO2/c1-4-18(22-17-12-10-14(2)11-13-17)19(21)20-15(3)16-8-6-5-7-9-16/h5-13,15,18H,4H2,1-3H3,(H,20,21)/t15-,18-/m1/s1. The molecule has 0 saturated carbocycles. The Balaban J connectivity index is 1.98. The van der Waals surface area contributed by atoms with Crippen LogP contribution in [0.3, 0.4) is 0 Å². The Hall–Kier alpha value is -2.29. The second-order valence-corrected chi connectivity index (χ2v) is 5.47. The number of carbonyl (C=O) groups is 1. The van der Waals surface area contributed by atoms with Gasteiger partial charge in [-0.2, -0.15) is 0 Å². The summed E-state index contributed by atoms with van der Waals surface area (Å²) in [5, 5.41) is 3.01. The van der Waals surface area contributed by atoms with E-state index in [1.165, 1.54) is 5.56 Å². The maximum atomic E-state index is 12.4. The largest absolute Gasteiger partial charge is 0.481 e. The normalized spacial score (nSPS) is 13.2. The second kappa shape index (κ2) is 7.64. The van der Waals surface area contributed by atoms with Crippen molar-refractivity contribution in [2.45, 2.75) is 39.3 Å². The minimum Gasteiger partial charge on any atom is -0.481 e. The van der Waals surface area contributed by atoms with Gasteiger partial charge in [-0.15, -0.1) is 0 Å². The third-order valence-electron chi connectivity index (χ3n) is 3.62. The topological polar surface area (TPSA) is 38.3 Å². The lowest BCUT2D eigenvalue weighted by molar-refractivity contribution is -0.128. The first kappa shape index (κ1) is 16.1. The summed E-state index contributed by atoms with van der Waals surface area (Å²) in [6.45, 7) is 5.95. The number of hydrogen-bond donors (Lipinski definition) is 1. The number of aryl methyl sites for hydroxylation is 1.